The number of ether oxygens (including phenoxy) is 2. The number of aryl methyl sites for hydroxylation is 1. The van der Waals surface area contributed by atoms with Crippen LogP contribution in [0.3, 0.4) is 0 Å². The maximum atomic E-state index is 12.2. The summed E-state index contributed by atoms with van der Waals surface area (Å²) in [7, 11) is -7.50. The average molecular weight is 558 g/mol. The lowest BCUT2D eigenvalue weighted by Crippen LogP contribution is -3.12. The number of H-pyrrole nitrogens is 1. The number of quaternary nitrogens is 1. The van der Waals surface area contributed by atoms with E-state index in [-0.39, 0.29) is 18.4 Å². The number of nitrogens with one attached hydrogen (secondary N) is 2. The van der Waals surface area contributed by atoms with Crippen LogP contribution in [0.5, 0.6) is 0 Å². The monoisotopic (exact) mass is 558 g/mol. The molecule has 0 spiro atoms. The first-order valence-corrected chi connectivity index (χ1v) is 14.0. The largest absolute Gasteiger partial charge is 0.756 e. The Kier molecular flexibility index (Phi) is 9.14. The number of hydrogen-bond acceptors (Lipinski definition) is 13. The lowest BCUT2D eigenvalue weighted by atomic mass is 9.99. The van der Waals surface area contributed by atoms with Gasteiger partial charge in [-0.2, -0.15) is 0 Å². The van der Waals surface area contributed by atoms with Gasteiger partial charge in [-0.1, -0.05) is 0 Å². The molecule has 4 N–H and O–H groups in total. The molecule has 2 aliphatic rings. The third-order valence-electron chi connectivity index (χ3n) is 5.95. The maximum absolute atomic E-state index is 12.2. The standard InChI is InChI=1S/C18H31N3O13P2/c1-9-7-21(18(25)19-17(9)24)14-6-12(22)13(32-14)8-30-35(26,27)34-36(28,29)33-15-5-11(20(3)4)16(23)10(2)31-15/h7,10-16,22-23H,5-6,8H2,1-4H3,(H,26,27)(H,28,29)(H,19,24,25)/p-1/t10-,11+,12-,13+,14+,15+,16-/m0/s1. The van der Waals surface area contributed by atoms with Gasteiger partial charge in [-0.3, -0.25) is 28.0 Å². The van der Waals surface area contributed by atoms with Gasteiger partial charge in [0.1, 0.15) is 24.5 Å². The fourth-order valence-corrected chi connectivity index (χ4v) is 6.08. The Bertz CT molecular complexity index is 1140. The van der Waals surface area contributed by atoms with E-state index in [9.17, 15) is 38.7 Å². The minimum atomic E-state index is -5.51. The smallest absolute Gasteiger partial charge is 0.330 e. The molecule has 1 aromatic heterocycles. The van der Waals surface area contributed by atoms with Gasteiger partial charge in [0.25, 0.3) is 21.2 Å². The molecule has 0 saturated carbocycles. The van der Waals surface area contributed by atoms with Crippen molar-refractivity contribution < 1.29 is 56.9 Å². The highest BCUT2D eigenvalue weighted by Gasteiger charge is 2.42. The number of phosphoric acid groups is 2. The Labute approximate surface area is 205 Å². The molecule has 0 amide bonds. The molecule has 18 heteroatoms. The van der Waals surface area contributed by atoms with Crippen molar-refractivity contribution in [3.63, 3.8) is 0 Å². The second kappa shape index (κ2) is 11.2. The minimum absolute atomic E-state index is 0.0550. The third-order valence-corrected chi connectivity index (χ3v) is 8.51. The predicted molar refractivity (Wildman–Crippen MR) is 115 cm³/mol. The Morgan fingerprint density at radius 1 is 1.19 bits per heavy atom. The number of rotatable bonds is 9. The van der Waals surface area contributed by atoms with Crippen molar-refractivity contribution in [2.45, 2.75) is 69.7 Å². The van der Waals surface area contributed by atoms with Gasteiger partial charge in [0, 0.05) is 18.2 Å². The van der Waals surface area contributed by atoms with E-state index in [0.717, 1.165) is 9.47 Å². The van der Waals surface area contributed by atoms with E-state index in [1.165, 1.54) is 20.0 Å². The van der Waals surface area contributed by atoms with Crippen LogP contribution in [0.25, 0.3) is 0 Å². The van der Waals surface area contributed by atoms with Crippen LogP contribution in [-0.4, -0.2) is 77.2 Å². The predicted octanol–water partition coefficient (Wildman–Crippen LogP) is -3.51. The fraction of sp³-hybridized carbons (Fsp3) is 0.778. The van der Waals surface area contributed by atoms with Crippen molar-refractivity contribution in [3.05, 3.63) is 32.6 Å². The lowest BCUT2D eigenvalue weighted by molar-refractivity contribution is -0.893. The van der Waals surface area contributed by atoms with Gasteiger partial charge < -0.3 is 38.9 Å². The van der Waals surface area contributed by atoms with Gasteiger partial charge in [0.2, 0.25) is 0 Å². The van der Waals surface area contributed by atoms with Crippen LogP contribution in [0, 0.1) is 6.92 Å². The van der Waals surface area contributed by atoms with Crippen LogP contribution in [0.2, 0.25) is 0 Å². The molecule has 0 bridgehead atoms. The van der Waals surface area contributed by atoms with Gasteiger partial charge in [0.15, 0.2) is 6.29 Å². The number of phosphoric ester groups is 2. The van der Waals surface area contributed by atoms with Crippen molar-refractivity contribution >= 4 is 15.6 Å². The molecule has 16 nitrogen and oxygen atoms in total. The molecule has 2 aliphatic heterocycles. The van der Waals surface area contributed by atoms with Crippen LogP contribution in [0.15, 0.2) is 15.8 Å². The number of aliphatic hydroxyl groups excluding tert-OH is 2. The van der Waals surface area contributed by atoms with E-state index in [2.05, 4.69) is 13.8 Å². The molecular weight excluding hydrogens is 528 g/mol. The van der Waals surface area contributed by atoms with Gasteiger partial charge in [0.05, 0.1) is 39.3 Å². The van der Waals surface area contributed by atoms with Crippen molar-refractivity contribution in [2.75, 3.05) is 20.7 Å². The molecule has 0 radical (unpaired) electrons. The molecule has 0 aromatic carbocycles. The van der Waals surface area contributed by atoms with Crippen molar-refractivity contribution in [1.29, 1.82) is 0 Å². The topological polar surface area (TPSA) is 226 Å². The van der Waals surface area contributed by atoms with Crippen LogP contribution in [0.1, 0.15) is 31.6 Å². The first-order chi connectivity index (χ1) is 16.6. The first-order valence-electron chi connectivity index (χ1n) is 11.0. The Morgan fingerprint density at radius 3 is 2.50 bits per heavy atom. The van der Waals surface area contributed by atoms with E-state index in [0.29, 0.717) is 0 Å². The van der Waals surface area contributed by atoms with E-state index in [4.69, 9.17) is 14.0 Å². The number of aromatic amines is 1. The molecule has 0 aliphatic carbocycles. The number of aromatic nitrogens is 2. The average Bonchev–Trinajstić information content (AvgIpc) is 3.10. The molecular formula is C18H30N3O13P2-. The number of likely N-dealkylation sites (N-methyl/N-ethyl adjacent to an activating group) is 1. The Hall–Kier alpha value is -1.26. The quantitative estimate of drug-likeness (QED) is 0.216. The van der Waals surface area contributed by atoms with Crippen molar-refractivity contribution in [2.24, 2.45) is 0 Å². The fourth-order valence-electron chi connectivity index (χ4n) is 4.00. The lowest BCUT2D eigenvalue weighted by Gasteiger charge is -2.40. The zero-order valence-corrected chi connectivity index (χ0v) is 21.8. The summed E-state index contributed by atoms with van der Waals surface area (Å²) in [4.78, 5) is 50.8. The van der Waals surface area contributed by atoms with Gasteiger partial charge in [-0.05, 0) is 13.8 Å². The van der Waals surface area contributed by atoms with E-state index in [1.54, 1.807) is 14.1 Å². The summed E-state index contributed by atoms with van der Waals surface area (Å²) in [5.74, 6) is 0. The van der Waals surface area contributed by atoms with E-state index >= 15 is 0 Å². The van der Waals surface area contributed by atoms with Gasteiger partial charge in [-0.15, -0.1) is 0 Å². The second-order valence-electron chi connectivity index (χ2n) is 8.97. The normalized spacial score (nSPS) is 34.4. The minimum Gasteiger partial charge on any atom is -0.756 e. The van der Waals surface area contributed by atoms with Gasteiger partial charge in [-0.25, -0.2) is 9.11 Å². The summed E-state index contributed by atoms with van der Waals surface area (Å²) < 4.78 is 49.6. The molecule has 2 saturated heterocycles. The summed E-state index contributed by atoms with van der Waals surface area (Å²) in [6, 6.07) is -0.443. The highest BCUT2D eigenvalue weighted by atomic mass is 31.3. The molecule has 9 atom stereocenters. The third kappa shape index (κ3) is 7.19. The molecule has 1 aromatic rings. The highest BCUT2D eigenvalue weighted by Crippen LogP contribution is 2.56. The van der Waals surface area contributed by atoms with Crippen LogP contribution >= 0.6 is 15.6 Å². The van der Waals surface area contributed by atoms with Gasteiger partial charge >= 0.3 is 5.69 Å². The Balaban J connectivity index is 1.57. The molecule has 3 heterocycles. The summed E-state index contributed by atoms with van der Waals surface area (Å²) in [6.07, 6.45) is -5.62. The number of nitrogens with zero attached hydrogens (tertiary/aromatic N) is 1. The second-order valence-corrected chi connectivity index (χ2v) is 11.9. The van der Waals surface area contributed by atoms with E-state index in [1.807, 2.05) is 0 Å². The van der Waals surface area contributed by atoms with Crippen LogP contribution in [-0.2, 0) is 32.0 Å². The van der Waals surface area contributed by atoms with Crippen molar-refractivity contribution in [3.8, 4) is 0 Å². The van der Waals surface area contributed by atoms with Crippen LogP contribution < -0.4 is 25.9 Å². The molecule has 3 rings (SSSR count). The Morgan fingerprint density at radius 2 is 1.86 bits per heavy atom. The number of aliphatic hydroxyl groups is 2. The summed E-state index contributed by atoms with van der Waals surface area (Å²) in [5, 5.41) is 20.4. The zero-order valence-electron chi connectivity index (χ0n) is 20.0. The molecule has 2 unspecified atom stereocenters. The summed E-state index contributed by atoms with van der Waals surface area (Å²) >= 11 is 0. The zero-order chi connectivity index (χ0) is 27.0. The molecule has 2 fully saturated rings. The first kappa shape index (κ1) is 29.3. The molecule has 206 valence electrons. The highest BCUT2D eigenvalue weighted by molar-refractivity contribution is 7.59. The SMILES string of the molecule is Cc1cn([C@H]2C[C@H](O)[C@@H](COP(=O)([O-])OP(=O)([O-])O[C@@H]3C[C@@H]([NH+](C)C)[C@@H](O)[C@H](C)O3)O2)c(=O)[nH]c1=O. The summed E-state index contributed by atoms with van der Waals surface area (Å²) in [5.41, 5.74) is -1.18. The molecule has 36 heavy (non-hydrogen) atoms. The van der Waals surface area contributed by atoms with Crippen LogP contribution in [0.4, 0.5) is 0 Å². The van der Waals surface area contributed by atoms with E-state index < -0.39 is 76.5 Å². The summed E-state index contributed by atoms with van der Waals surface area (Å²) in [6.45, 7) is 2.14. The maximum Gasteiger partial charge on any atom is 0.330 e. The number of hydrogen-bond donors (Lipinski definition) is 4. The van der Waals surface area contributed by atoms with Crippen molar-refractivity contribution in [1.82, 2.24) is 9.55 Å².